The molecule has 1 aromatic carbocycles. The Bertz CT molecular complexity index is 449. The smallest absolute Gasteiger partial charge is 0.0653 e. The Morgan fingerprint density at radius 3 is 2.80 bits per heavy atom. The highest BCUT2D eigenvalue weighted by Crippen LogP contribution is 2.40. The second kappa shape index (κ2) is 3.32. The number of hydrogen-bond donors (Lipinski definition) is 1. The van der Waals surface area contributed by atoms with Crippen LogP contribution in [0, 0.1) is 0 Å². The Kier molecular flexibility index (Phi) is 2.08. The molecule has 0 saturated heterocycles. The van der Waals surface area contributed by atoms with Gasteiger partial charge in [0.15, 0.2) is 0 Å². The van der Waals surface area contributed by atoms with Gasteiger partial charge in [0, 0.05) is 9.58 Å². The molecular formula is C13H14OS. The van der Waals surface area contributed by atoms with Gasteiger partial charge in [-0.05, 0) is 43.2 Å². The Hall–Kier alpha value is -0.860. The van der Waals surface area contributed by atoms with Crippen LogP contribution >= 0.6 is 11.3 Å². The van der Waals surface area contributed by atoms with Gasteiger partial charge in [0.2, 0.25) is 0 Å². The fraction of sp³-hybridized carbons (Fsp3) is 0.385. The first-order valence-corrected chi connectivity index (χ1v) is 6.27. The van der Waals surface area contributed by atoms with Crippen LogP contribution in [-0.4, -0.2) is 10.7 Å². The van der Waals surface area contributed by atoms with Crippen molar-refractivity contribution >= 4 is 21.4 Å². The molecule has 1 aromatic heterocycles. The van der Waals surface area contributed by atoms with E-state index in [4.69, 9.17) is 0 Å². The van der Waals surface area contributed by atoms with Gasteiger partial charge in [-0.15, -0.1) is 11.3 Å². The average Bonchev–Trinajstić information content (AvgIpc) is 2.83. The standard InChI is InChI=1S/C13H14OS/c14-13(7-8-13)6-5-11-9-10-3-1-2-4-12(10)15-11/h1-4,9,14H,5-8H2. The monoisotopic (exact) mass is 218 g/mol. The molecule has 0 atom stereocenters. The molecule has 0 radical (unpaired) electrons. The van der Waals surface area contributed by atoms with Gasteiger partial charge in [-0.3, -0.25) is 0 Å². The minimum Gasteiger partial charge on any atom is -0.390 e. The van der Waals surface area contributed by atoms with Gasteiger partial charge in [-0.2, -0.15) is 0 Å². The second-order valence-electron chi connectivity index (χ2n) is 4.47. The Labute approximate surface area is 93.4 Å². The van der Waals surface area contributed by atoms with E-state index in [1.165, 1.54) is 15.0 Å². The molecule has 1 heterocycles. The molecule has 0 unspecified atom stereocenters. The van der Waals surface area contributed by atoms with Crippen molar-refractivity contribution in [1.82, 2.24) is 0 Å². The fourth-order valence-corrected chi connectivity index (χ4v) is 2.97. The lowest BCUT2D eigenvalue weighted by Gasteiger charge is -2.04. The number of benzene rings is 1. The van der Waals surface area contributed by atoms with Gasteiger partial charge in [-0.25, -0.2) is 0 Å². The van der Waals surface area contributed by atoms with Gasteiger partial charge in [0.25, 0.3) is 0 Å². The molecule has 1 N–H and O–H groups in total. The zero-order valence-corrected chi connectivity index (χ0v) is 9.39. The predicted octanol–water partition coefficient (Wildman–Crippen LogP) is 3.36. The molecule has 1 nitrogen and oxygen atoms in total. The molecule has 1 aliphatic carbocycles. The van der Waals surface area contributed by atoms with E-state index in [0.29, 0.717) is 0 Å². The van der Waals surface area contributed by atoms with Crippen LogP contribution in [0.3, 0.4) is 0 Å². The number of aryl methyl sites for hydroxylation is 1. The molecule has 15 heavy (non-hydrogen) atoms. The number of thiophene rings is 1. The molecule has 78 valence electrons. The molecule has 1 saturated carbocycles. The van der Waals surface area contributed by atoms with Gasteiger partial charge < -0.3 is 5.11 Å². The lowest BCUT2D eigenvalue weighted by Crippen LogP contribution is -2.06. The number of rotatable bonds is 3. The summed E-state index contributed by atoms with van der Waals surface area (Å²) in [6.07, 6.45) is 3.95. The first-order valence-electron chi connectivity index (χ1n) is 5.45. The summed E-state index contributed by atoms with van der Waals surface area (Å²) in [5.41, 5.74) is -0.309. The maximum Gasteiger partial charge on any atom is 0.0653 e. The molecule has 3 rings (SSSR count). The third-order valence-electron chi connectivity index (χ3n) is 3.14. The summed E-state index contributed by atoms with van der Waals surface area (Å²) in [5, 5.41) is 11.1. The summed E-state index contributed by atoms with van der Waals surface area (Å²) in [6, 6.07) is 10.7. The quantitative estimate of drug-likeness (QED) is 0.837. The second-order valence-corrected chi connectivity index (χ2v) is 5.64. The predicted molar refractivity (Wildman–Crippen MR) is 64.3 cm³/mol. The van der Waals surface area contributed by atoms with Crippen LogP contribution in [0.2, 0.25) is 0 Å². The number of hydrogen-bond acceptors (Lipinski definition) is 2. The van der Waals surface area contributed by atoms with Crippen molar-refractivity contribution in [3.8, 4) is 0 Å². The SMILES string of the molecule is OC1(CCc2cc3ccccc3s2)CC1. The van der Waals surface area contributed by atoms with Crippen molar-refractivity contribution in [1.29, 1.82) is 0 Å². The van der Waals surface area contributed by atoms with E-state index in [1.807, 2.05) is 11.3 Å². The van der Waals surface area contributed by atoms with Crippen LogP contribution in [0.5, 0.6) is 0 Å². The minimum atomic E-state index is -0.309. The lowest BCUT2D eigenvalue weighted by atomic mass is 10.1. The summed E-state index contributed by atoms with van der Waals surface area (Å²) in [7, 11) is 0. The maximum atomic E-state index is 9.77. The van der Waals surface area contributed by atoms with Crippen LogP contribution in [-0.2, 0) is 6.42 Å². The van der Waals surface area contributed by atoms with E-state index in [2.05, 4.69) is 30.3 Å². The summed E-state index contributed by atoms with van der Waals surface area (Å²) in [5.74, 6) is 0. The highest BCUT2D eigenvalue weighted by molar-refractivity contribution is 7.19. The Morgan fingerprint density at radius 1 is 1.27 bits per heavy atom. The molecular weight excluding hydrogens is 204 g/mol. The molecule has 0 amide bonds. The number of fused-ring (bicyclic) bond motifs is 1. The van der Waals surface area contributed by atoms with E-state index >= 15 is 0 Å². The van der Waals surface area contributed by atoms with Crippen LogP contribution in [0.15, 0.2) is 30.3 Å². The molecule has 0 spiro atoms. The molecule has 1 aliphatic rings. The van der Waals surface area contributed by atoms with Crippen molar-refractivity contribution in [3.05, 3.63) is 35.2 Å². The van der Waals surface area contributed by atoms with Crippen LogP contribution < -0.4 is 0 Å². The van der Waals surface area contributed by atoms with Crippen LogP contribution in [0.4, 0.5) is 0 Å². The molecule has 2 aromatic rings. The molecule has 1 fully saturated rings. The fourth-order valence-electron chi connectivity index (χ4n) is 1.91. The van der Waals surface area contributed by atoms with Crippen molar-refractivity contribution in [2.45, 2.75) is 31.3 Å². The summed E-state index contributed by atoms with van der Waals surface area (Å²) >= 11 is 1.85. The van der Waals surface area contributed by atoms with Gasteiger partial charge in [-0.1, -0.05) is 18.2 Å². The highest BCUT2D eigenvalue weighted by Gasteiger charge is 2.39. The zero-order chi connectivity index (χ0) is 10.3. The summed E-state index contributed by atoms with van der Waals surface area (Å²) in [4.78, 5) is 1.40. The first kappa shape index (κ1) is 9.37. The van der Waals surface area contributed by atoms with E-state index in [1.54, 1.807) is 0 Å². The number of aliphatic hydroxyl groups is 1. The van der Waals surface area contributed by atoms with Crippen molar-refractivity contribution in [2.24, 2.45) is 0 Å². The normalized spacial score (nSPS) is 18.2. The minimum absolute atomic E-state index is 0.309. The van der Waals surface area contributed by atoms with E-state index in [9.17, 15) is 5.11 Å². The van der Waals surface area contributed by atoms with Gasteiger partial charge >= 0.3 is 0 Å². The third-order valence-corrected chi connectivity index (χ3v) is 4.32. The molecule has 0 aliphatic heterocycles. The summed E-state index contributed by atoms with van der Waals surface area (Å²) < 4.78 is 1.36. The van der Waals surface area contributed by atoms with Crippen molar-refractivity contribution in [2.75, 3.05) is 0 Å². The van der Waals surface area contributed by atoms with Crippen molar-refractivity contribution < 1.29 is 5.11 Å². The third kappa shape index (κ3) is 1.92. The van der Waals surface area contributed by atoms with Crippen LogP contribution in [0.1, 0.15) is 24.1 Å². The van der Waals surface area contributed by atoms with E-state index < -0.39 is 0 Å². The Morgan fingerprint density at radius 2 is 2.07 bits per heavy atom. The van der Waals surface area contributed by atoms with Crippen LogP contribution in [0.25, 0.3) is 10.1 Å². The van der Waals surface area contributed by atoms with Crippen molar-refractivity contribution in [3.63, 3.8) is 0 Å². The summed E-state index contributed by atoms with van der Waals surface area (Å²) in [6.45, 7) is 0. The zero-order valence-electron chi connectivity index (χ0n) is 8.57. The van der Waals surface area contributed by atoms with Gasteiger partial charge in [0.05, 0.1) is 5.60 Å². The maximum absolute atomic E-state index is 9.77. The highest BCUT2D eigenvalue weighted by atomic mass is 32.1. The topological polar surface area (TPSA) is 20.2 Å². The molecule has 0 bridgehead atoms. The van der Waals surface area contributed by atoms with Gasteiger partial charge in [0.1, 0.15) is 0 Å². The first-order chi connectivity index (χ1) is 7.25. The largest absolute Gasteiger partial charge is 0.390 e. The lowest BCUT2D eigenvalue weighted by molar-refractivity contribution is 0.141. The Balaban J connectivity index is 1.79. The van der Waals surface area contributed by atoms with E-state index in [0.717, 1.165) is 25.7 Å². The molecule has 2 heteroatoms. The average molecular weight is 218 g/mol. The van der Waals surface area contributed by atoms with E-state index in [-0.39, 0.29) is 5.60 Å².